The Morgan fingerprint density at radius 3 is 3.08 bits per heavy atom. The number of thioether (sulfide) groups is 1. The molecule has 0 bridgehead atoms. The van der Waals surface area contributed by atoms with Crippen LogP contribution in [0.2, 0.25) is 0 Å². The Morgan fingerprint density at radius 1 is 1.50 bits per heavy atom. The molecule has 0 radical (unpaired) electrons. The minimum Gasteiger partial charge on any atom is -0.316 e. The number of hydrogen-bond donors (Lipinski definition) is 1. The minimum atomic E-state index is 0.341. The fraction of sp³-hybridized carbons (Fsp3) is 0.889. The van der Waals surface area contributed by atoms with Crippen LogP contribution in [0, 0.1) is 11.8 Å². The molecule has 3 heteroatoms. The maximum atomic E-state index is 11.5. The first-order valence-electron chi connectivity index (χ1n) is 4.69. The fourth-order valence-electron chi connectivity index (χ4n) is 2.07. The van der Waals surface area contributed by atoms with Crippen molar-refractivity contribution in [1.29, 1.82) is 0 Å². The van der Waals surface area contributed by atoms with Gasteiger partial charge in [0, 0.05) is 25.4 Å². The van der Waals surface area contributed by atoms with Gasteiger partial charge >= 0.3 is 0 Å². The Morgan fingerprint density at radius 2 is 2.42 bits per heavy atom. The van der Waals surface area contributed by atoms with Gasteiger partial charge in [0.2, 0.25) is 0 Å². The molecule has 0 aromatic heterocycles. The average molecular weight is 185 g/mol. The zero-order chi connectivity index (χ0) is 8.39. The Hall–Kier alpha value is -0.0200. The van der Waals surface area contributed by atoms with Crippen molar-refractivity contribution in [2.75, 3.05) is 24.6 Å². The van der Waals surface area contributed by atoms with Crippen molar-refractivity contribution in [3.63, 3.8) is 0 Å². The summed E-state index contributed by atoms with van der Waals surface area (Å²) in [4.78, 5) is 11.5. The Labute approximate surface area is 77.5 Å². The smallest absolute Gasteiger partial charge is 0.138 e. The van der Waals surface area contributed by atoms with Crippen LogP contribution in [0.5, 0.6) is 0 Å². The molecule has 0 saturated carbocycles. The van der Waals surface area contributed by atoms with E-state index in [4.69, 9.17) is 0 Å². The van der Waals surface area contributed by atoms with Crippen molar-refractivity contribution >= 4 is 17.5 Å². The molecule has 0 aliphatic carbocycles. The van der Waals surface area contributed by atoms with Crippen LogP contribution in [-0.2, 0) is 4.79 Å². The highest BCUT2D eigenvalue weighted by Crippen LogP contribution is 2.31. The second kappa shape index (κ2) is 3.79. The van der Waals surface area contributed by atoms with E-state index in [2.05, 4.69) is 5.32 Å². The van der Waals surface area contributed by atoms with Gasteiger partial charge in [-0.15, -0.1) is 0 Å². The number of hydrogen-bond acceptors (Lipinski definition) is 3. The van der Waals surface area contributed by atoms with Crippen LogP contribution in [0.25, 0.3) is 0 Å². The van der Waals surface area contributed by atoms with Gasteiger partial charge in [-0.3, -0.25) is 4.79 Å². The third kappa shape index (κ3) is 1.67. The number of rotatable bonds is 1. The van der Waals surface area contributed by atoms with E-state index in [0.29, 0.717) is 17.6 Å². The average Bonchev–Trinajstić information content (AvgIpc) is 2.57. The minimum absolute atomic E-state index is 0.341. The molecule has 2 fully saturated rings. The molecule has 12 heavy (non-hydrogen) atoms. The topological polar surface area (TPSA) is 29.1 Å². The zero-order valence-corrected chi connectivity index (χ0v) is 8.03. The zero-order valence-electron chi connectivity index (χ0n) is 7.21. The number of ketones is 1. The molecule has 0 aromatic rings. The summed E-state index contributed by atoms with van der Waals surface area (Å²) in [6, 6.07) is 0. The number of piperidine rings is 1. The van der Waals surface area contributed by atoms with E-state index >= 15 is 0 Å². The second-order valence-electron chi connectivity index (χ2n) is 3.65. The third-order valence-electron chi connectivity index (χ3n) is 2.86. The largest absolute Gasteiger partial charge is 0.316 e. The van der Waals surface area contributed by atoms with E-state index in [9.17, 15) is 4.79 Å². The predicted octanol–water partition coefficient (Wildman–Crippen LogP) is 0.918. The number of carbonyl (C=O) groups excluding carboxylic acids is 1. The number of carbonyl (C=O) groups is 1. The molecule has 2 heterocycles. The van der Waals surface area contributed by atoms with Gasteiger partial charge in [-0.05, 0) is 23.8 Å². The first kappa shape index (κ1) is 8.57. The molecule has 0 spiro atoms. The lowest BCUT2D eigenvalue weighted by Crippen LogP contribution is -2.40. The maximum Gasteiger partial charge on any atom is 0.138 e. The lowest BCUT2D eigenvalue weighted by molar-refractivity contribution is -0.125. The fourth-order valence-corrected chi connectivity index (χ4v) is 3.41. The molecule has 2 rings (SSSR count). The summed E-state index contributed by atoms with van der Waals surface area (Å²) in [6.45, 7) is 1.83. The van der Waals surface area contributed by atoms with E-state index in [0.717, 1.165) is 19.5 Å². The Bertz CT molecular complexity index is 177. The van der Waals surface area contributed by atoms with Crippen LogP contribution in [0.4, 0.5) is 0 Å². The van der Waals surface area contributed by atoms with Crippen LogP contribution < -0.4 is 5.32 Å². The van der Waals surface area contributed by atoms with Gasteiger partial charge < -0.3 is 5.32 Å². The highest BCUT2D eigenvalue weighted by atomic mass is 32.2. The molecule has 0 amide bonds. The van der Waals surface area contributed by atoms with Gasteiger partial charge in [-0.2, -0.15) is 11.8 Å². The van der Waals surface area contributed by atoms with E-state index in [1.165, 1.54) is 17.9 Å². The van der Waals surface area contributed by atoms with Gasteiger partial charge in [0.1, 0.15) is 5.78 Å². The first-order valence-corrected chi connectivity index (χ1v) is 5.84. The van der Waals surface area contributed by atoms with Crippen molar-refractivity contribution in [2.24, 2.45) is 11.8 Å². The van der Waals surface area contributed by atoms with Gasteiger partial charge in [0.05, 0.1) is 0 Å². The quantitative estimate of drug-likeness (QED) is 0.658. The van der Waals surface area contributed by atoms with Gasteiger partial charge in [0.15, 0.2) is 0 Å². The molecule has 2 unspecified atom stereocenters. The highest BCUT2D eigenvalue weighted by Gasteiger charge is 2.31. The third-order valence-corrected chi connectivity index (χ3v) is 4.05. The summed E-state index contributed by atoms with van der Waals surface area (Å²) in [5, 5.41) is 3.31. The van der Waals surface area contributed by atoms with Gasteiger partial charge in [-0.25, -0.2) is 0 Å². The van der Waals surface area contributed by atoms with Crippen LogP contribution in [-0.4, -0.2) is 30.4 Å². The van der Waals surface area contributed by atoms with E-state index in [-0.39, 0.29) is 0 Å². The molecular formula is C9H15NOS. The second-order valence-corrected chi connectivity index (χ2v) is 4.80. The number of nitrogens with one attached hydrogen (secondary N) is 1. The Kier molecular flexibility index (Phi) is 2.71. The lowest BCUT2D eigenvalue weighted by Gasteiger charge is -2.26. The molecule has 1 N–H and O–H groups in total. The van der Waals surface area contributed by atoms with E-state index in [1.807, 2.05) is 11.8 Å². The van der Waals surface area contributed by atoms with Crippen LogP contribution >= 0.6 is 11.8 Å². The molecule has 0 aromatic carbocycles. The molecule has 2 saturated heterocycles. The van der Waals surface area contributed by atoms with E-state index in [1.54, 1.807) is 0 Å². The standard InChI is InChI=1S/C9H15NOS/c11-9-1-3-10-5-8(9)7-2-4-12-6-7/h7-8,10H,1-6H2. The van der Waals surface area contributed by atoms with Crippen molar-refractivity contribution in [3.8, 4) is 0 Å². The summed E-state index contributed by atoms with van der Waals surface area (Å²) in [7, 11) is 0. The monoisotopic (exact) mass is 185 g/mol. The maximum absolute atomic E-state index is 11.5. The highest BCUT2D eigenvalue weighted by molar-refractivity contribution is 7.99. The normalized spacial score (nSPS) is 37.2. The number of Topliss-reactive ketones (excluding diaryl/α,β-unsaturated/α-hetero) is 1. The van der Waals surface area contributed by atoms with Crippen molar-refractivity contribution in [2.45, 2.75) is 12.8 Å². The van der Waals surface area contributed by atoms with Crippen LogP contribution in [0.15, 0.2) is 0 Å². The van der Waals surface area contributed by atoms with Gasteiger partial charge in [0.25, 0.3) is 0 Å². The predicted molar refractivity (Wildman–Crippen MR) is 51.4 cm³/mol. The van der Waals surface area contributed by atoms with Crippen LogP contribution in [0.3, 0.4) is 0 Å². The van der Waals surface area contributed by atoms with Crippen molar-refractivity contribution in [3.05, 3.63) is 0 Å². The molecule has 2 aliphatic heterocycles. The van der Waals surface area contributed by atoms with E-state index < -0.39 is 0 Å². The molecule has 68 valence electrons. The SMILES string of the molecule is O=C1CCNCC1C1CCSC1. The summed E-state index contributed by atoms with van der Waals surface area (Å²) < 4.78 is 0. The molecule has 2 aliphatic rings. The lowest BCUT2D eigenvalue weighted by atomic mass is 9.85. The molecule has 2 atom stereocenters. The summed E-state index contributed by atoms with van der Waals surface area (Å²) in [5.41, 5.74) is 0. The molecule has 2 nitrogen and oxygen atoms in total. The summed E-state index contributed by atoms with van der Waals surface area (Å²) in [6.07, 6.45) is 2.01. The van der Waals surface area contributed by atoms with Gasteiger partial charge in [-0.1, -0.05) is 0 Å². The van der Waals surface area contributed by atoms with Crippen molar-refractivity contribution < 1.29 is 4.79 Å². The Balaban J connectivity index is 1.95. The molecular weight excluding hydrogens is 170 g/mol. The van der Waals surface area contributed by atoms with Crippen LogP contribution in [0.1, 0.15) is 12.8 Å². The summed E-state index contributed by atoms with van der Waals surface area (Å²) in [5.74, 6) is 3.98. The summed E-state index contributed by atoms with van der Waals surface area (Å²) >= 11 is 2.00. The van der Waals surface area contributed by atoms with Crippen molar-refractivity contribution in [1.82, 2.24) is 5.32 Å². The first-order chi connectivity index (χ1) is 5.88.